The van der Waals surface area contributed by atoms with Crippen LogP contribution in [0.25, 0.3) is 0 Å². The normalized spacial score (nSPS) is 13.4. The zero-order chi connectivity index (χ0) is 11.1. The van der Waals surface area contributed by atoms with Gasteiger partial charge in [-0.3, -0.25) is 4.68 Å². The molecule has 0 amide bonds. The molecule has 0 spiro atoms. The van der Waals surface area contributed by atoms with Crippen LogP contribution in [0.2, 0.25) is 0 Å². The Morgan fingerprint density at radius 1 is 1.29 bits per heavy atom. The zero-order valence-corrected chi connectivity index (χ0v) is 9.57. The largest absolute Gasteiger partial charge is 0.435 e. The van der Waals surface area contributed by atoms with Gasteiger partial charge < -0.3 is 0 Å². The van der Waals surface area contributed by atoms with Gasteiger partial charge in [-0.15, -0.1) is 0 Å². The summed E-state index contributed by atoms with van der Waals surface area (Å²) in [7, 11) is 0. The van der Waals surface area contributed by atoms with E-state index < -0.39 is 17.4 Å². The van der Waals surface area contributed by atoms with Crippen molar-refractivity contribution in [3.05, 3.63) is 16.4 Å². The lowest BCUT2D eigenvalue weighted by molar-refractivity contribution is -0.141. The molecular formula is C8H10BrF3N2. The molecule has 0 aliphatic carbocycles. The number of halogens is 4. The third-order valence-electron chi connectivity index (χ3n) is 1.59. The van der Waals surface area contributed by atoms with Gasteiger partial charge in [-0.25, -0.2) is 0 Å². The van der Waals surface area contributed by atoms with Crippen molar-refractivity contribution < 1.29 is 13.2 Å². The van der Waals surface area contributed by atoms with Gasteiger partial charge in [0.25, 0.3) is 0 Å². The van der Waals surface area contributed by atoms with Gasteiger partial charge in [0.1, 0.15) is 4.60 Å². The maximum Gasteiger partial charge on any atom is 0.435 e. The average Bonchev–Trinajstić information content (AvgIpc) is 2.27. The molecule has 1 aromatic heterocycles. The van der Waals surface area contributed by atoms with Gasteiger partial charge in [0.15, 0.2) is 5.69 Å². The molecule has 0 saturated heterocycles. The maximum atomic E-state index is 12.3. The SMILES string of the molecule is CC(C)(C)n1nc(C(F)(F)F)cc1Br. The Labute approximate surface area is 88.2 Å². The van der Waals surface area contributed by atoms with Crippen molar-refractivity contribution in [3.63, 3.8) is 0 Å². The van der Waals surface area contributed by atoms with E-state index in [0.717, 1.165) is 6.07 Å². The van der Waals surface area contributed by atoms with E-state index in [1.165, 1.54) is 4.68 Å². The second kappa shape index (κ2) is 3.25. The smallest absolute Gasteiger partial charge is 0.253 e. The highest BCUT2D eigenvalue weighted by Crippen LogP contribution is 2.32. The summed E-state index contributed by atoms with van der Waals surface area (Å²) in [5.41, 5.74) is -1.35. The quantitative estimate of drug-likeness (QED) is 0.707. The summed E-state index contributed by atoms with van der Waals surface area (Å²) < 4.78 is 38.5. The average molecular weight is 271 g/mol. The number of rotatable bonds is 0. The van der Waals surface area contributed by atoms with Crippen molar-refractivity contribution in [3.8, 4) is 0 Å². The molecule has 1 heterocycles. The fourth-order valence-electron chi connectivity index (χ4n) is 0.967. The Kier molecular flexibility index (Phi) is 2.69. The van der Waals surface area contributed by atoms with Crippen LogP contribution in [-0.2, 0) is 11.7 Å². The Hall–Kier alpha value is -0.520. The number of nitrogens with zero attached hydrogens (tertiary/aromatic N) is 2. The second-order valence-electron chi connectivity index (χ2n) is 3.93. The first-order valence-corrected chi connectivity index (χ1v) is 4.75. The third kappa shape index (κ3) is 2.29. The van der Waals surface area contributed by atoms with Crippen molar-refractivity contribution >= 4 is 15.9 Å². The van der Waals surface area contributed by atoms with Crippen molar-refractivity contribution in [2.24, 2.45) is 0 Å². The van der Waals surface area contributed by atoms with Gasteiger partial charge in [0.2, 0.25) is 0 Å². The van der Waals surface area contributed by atoms with Crippen LogP contribution in [0.15, 0.2) is 10.7 Å². The minimum Gasteiger partial charge on any atom is -0.253 e. The molecule has 0 aromatic carbocycles. The molecule has 0 unspecified atom stereocenters. The molecule has 14 heavy (non-hydrogen) atoms. The van der Waals surface area contributed by atoms with Crippen LogP contribution in [0.3, 0.4) is 0 Å². The molecule has 0 N–H and O–H groups in total. The van der Waals surface area contributed by atoms with E-state index in [-0.39, 0.29) is 0 Å². The fourth-order valence-corrected chi connectivity index (χ4v) is 1.80. The molecule has 2 nitrogen and oxygen atoms in total. The molecule has 0 saturated carbocycles. The Morgan fingerprint density at radius 2 is 1.79 bits per heavy atom. The van der Waals surface area contributed by atoms with E-state index in [1.54, 1.807) is 20.8 Å². The summed E-state index contributed by atoms with van der Waals surface area (Å²) in [6, 6.07) is 0.977. The van der Waals surface area contributed by atoms with Crippen LogP contribution in [0.4, 0.5) is 13.2 Å². The minimum absolute atomic E-state index is 0.331. The van der Waals surface area contributed by atoms with Crippen LogP contribution >= 0.6 is 15.9 Å². The number of hydrogen-bond acceptors (Lipinski definition) is 1. The minimum atomic E-state index is -4.39. The van der Waals surface area contributed by atoms with Crippen LogP contribution in [0.1, 0.15) is 26.5 Å². The monoisotopic (exact) mass is 270 g/mol. The summed E-state index contributed by atoms with van der Waals surface area (Å²) in [6.45, 7) is 5.35. The van der Waals surface area contributed by atoms with Gasteiger partial charge in [-0.2, -0.15) is 18.3 Å². The topological polar surface area (TPSA) is 17.8 Å². The standard InChI is InChI=1S/C8H10BrF3N2/c1-7(2,3)14-6(9)4-5(13-14)8(10,11)12/h4H,1-3H3. The molecule has 0 aliphatic heterocycles. The van der Waals surface area contributed by atoms with E-state index in [9.17, 15) is 13.2 Å². The molecule has 80 valence electrons. The molecule has 1 rings (SSSR count). The van der Waals surface area contributed by atoms with Gasteiger partial charge >= 0.3 is 6.18 Å². The summed E-state index contributed by atoms with van der Waals surface area (Å²) in [4.78, 5) is 0. The number of hydrogen-bond donors (Lipinski definition) is 0. The second-order valence-corrected chi connectivity index (χ2v) is 4.75. The molecule has 0 radical (unpaired) electrons. The van der Waals surface area contributed by atoms with E-state index in [2.05, 4.69) is 21.0 Å². The van der Waals surface area contributed by atoms with Crippen molar-refractivity contribution in [2.75, 3.05) is 0 Å². The summed E-state index contributed by atoms with van der Waals surface area (Å²) >= 11 is 3.05. The molecule has 1 aromatic rings. The van der Waals surface area contributed by atoms with E-state index in [4.69, 9.17) is 0 Å². The predicted octanol–water partition coefficient (Wildman–Crippen LogP) is 3.42. The summed E-state index contributed by atoms with van der Waals surface area (Å²) in [5, 5.41) is 3.50. The van der Waals surface area contributed by atoms with Gasteiger partial charge in [-0.1, -0.05) is 0 Å². The van der Waals surface area contributed by atoms with Crippen LogP contribution < -0.4 is 0 Å². The summed E-state index contributed by atoms with van der Waals surface area (Å²) in [5.74, 6) is 0. The highest BCUT2D eigenvalue weighted by atomic mass is 79.9. The maximum absolute atomic E-state index is 12.3. The predicted molar refractivity (Wildman–Crippen MR) is 49.9 cm³/mol. The molecule has 0 bridgehead atoms. The molecule has 0 atom stereocenters. The zero-order valence-electron chi connectivity index (χ0n) is 7.98. The Balaban J connectivity index is 3.19. The number of alkyl halides is 3. The van der Waals surface area contributed by atoms with Crippen LogP contribution in [0.5, 0.6) is 0 Å². The lowest BCUT2D eigenvalue weighted by atomic mass is 10.1. The first-order valence-electron chi connectivity index (χ1n) is 3.95. The third-order valence-corrected chi connectivity index (χ3v) is 2.16. The van der Waals surface area contributed by atoms with Gasteiger partial charge in [0.05, 0.1) is 5.54 Å². The van der Waals surface area contributed by atoms with E-state index in [0.29, 0.717) is 4.60 Å². The molecule has 0 fully saturated rings. The fraction of sp³-hybridized carbons (Fsp3) is 0.625. The lowest BCUT2D eigenvalue weighted by Gasteiger charge is -2.20. The summed E-state index contributed by atoms with van der Waals surface area (Å²) in [6.07, 6.45) is -4.39. The highest BCUT2D eigenvalue weighted by Gasteiger charge is 2.35. The van der Waals surface area contributed by atoms with Crippen molar-refractivity contribution in [1.82, 2.24) is 9.78 Å². The Morgan fingerprint density at radius 3 is 2.00 bits per heavy atom. The van der Waals surface area contributed by atoms with Gasteiger partial charge in [0, 0.05) is 6.07 Å². The van der Waals surface area contributed by atoms with Crippen molar-refractivity contribution in [1.29, 1.82) is 0 Å². The first kappa shape index (κ1) is 11.6. The van der Waals surface area contributed by atoms with E-state index >= 15 is 0 Å². The highest BCUT2D eigenvalue weighted by molar-refractivity contribution is 9.10. The van der Waals surface area contributed by atoms with Gasteiger partial charge in [-0.05, 0) is 36.7 Å². The number of aromatic nitrogens is 2. The lowest BCUT2D eigenvalue weighted by Crippen LogP contribution is -2.24. The molecular weight excluding hydrogens is 261 g/mol. The van der Waals surface area contributed by atoms with Crippen LogP contribution in [0, 0.1) is 0 Å². The van der Waals surface area contributed by atoms with E-state index in [1.807, 2.05) is 0 Å². The van der Waals surface area contributed by atoms with Crippen LogP contribution in [-0.4, -0.2) is 9.78 Å². The first-order chi connectivity index (χ1) is 6.12. The van der Waals surface area contributed by atoms with Crippen molar-refractivity contribution in [2.45, 2.75) is 32.5 Å². The molecule has 6 heteroatoms. The molecule has 0 aliphatic rings. The Bertz CT molecular complexity index is 335.